The molecule has 1 aliphatic carbocycles. The van der Waals surface area contributed by atoms with Crippen molar-refractivity contribution in [1.82, 2.24) is 5.32 Å². The molecule has 3 aromatic carbocycles. The van der Waals surface area contributed by atoms with E-state index in [1.165, 1.54) is 0 Å². The zero-order valence-electron chi connectivity index (χ0n) is 22.4. The Morgan fingerprint density at radius 2 is 1.52 bits per heavy atom. The first-order chi connectivity index (χ1) is 19.6. The predicted octanol–water partition coefficient (Wildman–Crippen LogP) is 6.86. The quantitative estimate of drug-likeness (QED) is 0.0936. The van der Waals surface area contributed by atoms with Crippen LogP contribution >= 0.6 is 0 Å². The molecule has 1 aliphatic rings. The van der Waals surface area contributed by atoms with Crippen molar-refractivity contribution < 1.29 is 24.2 Å². The van der Waals surface area contributed by atoms with E-state index in [-0.39, 0.29) is 18.9 Å². The molecule has 0 fully saturated rings. The summed E-state index contributed by atoms with van der Waals surface area (Å²) in [5, 5.41) is 15.7. The van der Waals surface area contributed by atoms with Crippen molar-refractivity contribution in [2.45, 2.75) is 50.5 Å². The van der Waals surface area contributed by atoms with Crippen LogP contribution in [0.4, 0.5) is 4.79 Å². The lowest BCUT2D eigenvalue weighted by molar-refractivity contribution is -0.139. The van der Waals surface area contributed by atoms with Crippen molar-refractivity contribution in [3.63, 3.8) is 0 Å². The Hall–Kier alpha value is -4.49. The van der Waals surface area contributed by atoms with Crippen molar-refractivity contribution in [2.24, 2.45) is 5.11 Å². The lowest BCUT2D eigenvalue weighted by Gasteiger charge is -2.17. The number of amides is 1. The number of hydrogen-bond acceptors (Lipinski definition) is 5. The Morgan fingerprint density at radius 1 is 0.900 bits per heavy atom. The molecule has 0 radical (unpaired) electrons. The number of hydrogen-bond donors (Lipinski definition) is 2. The summed E-state index contributed by atoms with van der Waals surface area (Å²) in [4.78, 5) is 27.2. The smallest absolute Gasteiger partial charge is 0.407 e. The van der Waals surface area contributed by atoms with E-state index >= 15 is 0 Å². The molecule has 9 nitrogen and oxygen atoms in total. The van der Waals surface area contributed by atoms with Crippen molar-refractivity contribution >= 4 is 12.1 Å². The van der Waals surface area contributed by atoms with E-state index in [0.717, 1.165) is 59.9 Å². The molecule has 1 atom stereocenters. The second-order valence-corrected chi connectivity index (χ2v) is 9.78. The van der Waals surface area contributed by atoms with Gasteiger partial charge in [0.05, 0.1) is 6.61 Å². The van der Waals surface area contributed by atoms with Gasteiger partial charge in [-0.15, -0.1) is 0 Å². The van der Waals surface area contributed by atoms with Gasteiger partial charge in [-0.25, -0.2) is 9.59 Å². The molecule has 208 valence electrons. The summed E-state index contributed by atoms with van der Waals surface area (Å²) in [6, 6.07) is 22.2. The molecule has 0 saturated carbocycles. The number of benzene rings is 3. The number of ether oxygens (including phenoxy) is 2. The number of fused-ring (bicyclic) bond motifs is 3. The fourth-order valence-corrected chi connectivity index (χ4v) is 4.99. The van der Waals surface area contributed by atoms with Gasteiger partial charge in [-0.05, 0) is 58.3 Å². The number of nitrogens with zero attached hydrogens (tertiary/aromatic N) is 3. The van der Waals surface area contributed by atoms with Gasteiger partial charge >= 0.3 is 12.1 Å². The number of aliphatic carboxylic acids is 1. The van der Waals surface area contributed by atoms with E-state index in [1.807, 2.05) is 36.4 Å². The highest BCUT2D eigenvalue weighted by Gasteiger charge is 2.29. The van der Waals surface area contributed by atoms with Crippen LogP contribution in [0.15, 0.2) is 77.9 Å². The van der Waals surface area contributed by atoms with E-state index < -0.39 is 18.1 Å². The lowest BCUT2D eigenvalue weighted by Crippen LogP contribution is -2.42. The van der Waals surface area contributed by atoms with Gasteiger partial charge < -0.3 is 19.9 Å². The zero-order chi connectivity index (χ0) is 28.2. The second-order valence-electron chi connectivity index (χ2n) is 9.78. The Balaban J connectivity index is 1.22. The number of carbonyl (C=O) groups excluding carboxylic acids is 1. The molecule has 2 N–H and O–H groups in total. The summed E-state index contributed by atoms with van der Waals surface area (Å²) >= 11 is 0. The molecule has 0 saturated heterocycles. The first kappa shape index (κ1) is 28.5. The minimum Gasteiger partial charge on any atom is -0.494 e. The maximum Gasteiger partial charge on any atom is 0.407 e. The Morgan fingerprint density at radius 3 is 2.17 bits per heavy atom. The van der Waals surface area contributed by atoms with Gasteiger partial charge in [0.15, 0.2) is 0 Å². The highest BCUT2D eigenvalue weighted by molar-refractivity contribution is 5.81. The number of unbranched alkanes of at least 4 members (excludes halogenated alkanes) is 4. The van der Waals surface area contributed by atoms with Crippen LogP contribution in [0.3, 0.4) is 0 Å². The van der Waals surface area contributed by atoms with E-state index in [2.05, 4.69) is 27.5 Å². The van der Waals surface area contributed by atoms with Gasteiger partial charge in [0.2, 0.25) is 0 Å². The zero-order valence-corrected chi connectivity index (χ0v) is 22.4. The average molecular weight is 543 g/mol. The van der Waals surface area contributed by atoms with Crippen molar-refractivity contribution in [3.05, 3.63) is 99.9 Å². The maximum absolute atomic E-state index is 12.6. The fraction of sp³-hybridized carbons (Fsp3) is 0.355. The Labute approximate surface area is 233 Å². The molecular weight excluding hydrogens is 508 g/mol. The van der Waals surface area contributed by atoms with E-state index in [9.17, 15) is 14.7 Å². The third-order valence-corrected chi connectivity index (χ3v) is 7.03. The summed E-state index contributed by atoms with van der Waals surface area (Å²) in [6.45, 7) is 1.26. The molecule has 9 heteroatoms. The summed E-state index contributed by atoms with van der Waals surface area (Å²) in [5.74, 6) is -0.519. The monoisotopic (exact) mass is 542 g/mol. The van der Waals surface area contributed by atoms with Crippen molar-refractivity contribution in [1.29, 1.82) is 0 Å². The normalized spacial score (nSPS) is 12.5. The van der Waals surface area contributed by atoms with E-state index in [0.29, 0.717) is 18.9 Å². The SMILES string of the molecule is [N-]=[N+]=NCCCCCCCOc1ccc(C[C@H](NC(=O)OCC2c3ccccc3-c3ccccc32)C(=O)O)cc1. The number of carbonyl (C=O) groups is 2. The van der Waals surface area contributed by atoms with Crippen LogP contribution in [0, 0.1) is 0 Å². The third-order valence-electron chi connectivity index (χ3n) is 7.03. The third kappa shape index (κ3) is 7.77. The minimum atomic E-state index is -1.13. The Kier molecular flexibility index (Phi) is 10.4. The van der Waals surface area contributed by atoms with Crippen LogP contribution in [-0.4, -0.2) is 43.0 Å². The van der Waals surface area contributed by atoms with Crippen LogP contribution in [0.25, 0.3) is 21.6 Å². The van der Waals surface area contributed by atoms with Gasteiger partial charge in [-0.3, -0.25) is 0 Å². The van der Waals surface area contributed by atoms with Gasteiger partial charge in [-0.1, -0.05) is 85.0 Å². The lowest BCUT2D eigenvalue weighted by atomic mass is 9.98. The van der Waals surface area contributed by atoms with E-state index in [4.69, 9.17) is 15.0 Å². The standard InChI is InChI=1S/C31H34N4O5/c32-35-33-18-8-2-1-3-9-19-39-23-16-14-22(15-17-23)20-29(30(36)37)34-31(38)40-21-28-26-12-6-4-10-24(26)25-11-5-7-13-27(25)28/h4-7,10-17,28-29H,1-3,8-9,18-21H2,(H,34,38)(H,36,37)/t29-/m0/s1. The number of rotatable bonds is 15. The molecule has 4 rings (SSSR count). The average Bonchev–Trinajstić information content (AvgIpc) is 3.29. The molecule has 0 aliphatic heterocycles. The predicted molar refractivity (Wildman–Crippen MR) is 152 cm³/mol. The maximum atomic E-state index is 12.6. The van der Waals surface area contributed by atoms with Crippen LogP contribution in [0.5, 0.6) is 5.75 Å². The number of carboxylic acids is 1. The molecule has 40 heavy (non-hydrogen) atoms. The van der Waals surface area contributed by atoms with Crippen LogP contribution in [-0.2, 0) is 16.0 Å². The first-order valence-corrected chi connectivity index (χ1v) is 13.6. The van der Waals surface area contributed by atoms with Gasteiger partial charge in [-0.2, -0.15) is 0 Å². The van der Waals surface area contributed by atoms with E-state index in [1.54, 1.807) is 24.3 Å². The van der Waals surface area contributed by atoms with Crippen LogP contribution in [0.2, 0.25) is 0 Å². The largest absolute Gasteiger partial charge is 0.494 e. The van der Waals surface area contributed by atoms with Crippen molar-refractivity contribution in [2.75, 3.05) is 19.8 Å². The molecular formula is C31H34N4O5. The summed E-state index contributed by atoms with van der Waals surface area (Å²) < 4.78 is 11.3. The van der Waals surface area contributed by atoms with Gasteiger partial charge in [0.25, 0.3) is 0 Å². The number of alkyl carbamates (subject to hydrolysis) is 1. The Bertz CT molecular complexity index is 1290. The molecule has 1 amide bonds. The summed E-state index contributed by atoms with van der Waals surface area (Å²) in [6.07, 6.45) is 4.33. The summed E-state index contributed by atoms with van der Waals surface area (Å²) in [7, 11) is 0. The second kappa shape index (κ2) is 14.6. The fourth-order valence-electron chi connectivity index (χ4n) is 4.99. The molecule has 3 aromatic rings. The number of carboxylic acid groups (broad SMARTS) is 1. The minimum absolute atomic E-state index is 0.0990. The van der Waals surface area contributed by atoms with Crippen LogP contribution in [0.1, 0.15) is 54.7 Å². The molecule has 0 aromatic heterocycles. The number of azide groups is 1. The molecule has 0 heterocycles. The first-order valence-electron chi connectivity index (χ1n) is 13.6. The van der Waals surface area contributed by atoms with Crippen molar-refractivity contribution in [3.8, 4) is 16.9 Å². The van der Waals surface area contributed by atoms with Gasteiger partial charge in [0, 0.05) is 23.8 Å². The van der Waals surface area contributed by atoms with Gasteiger partial charge in [0.1, 0.15) is 18.4 Å². The molecule has 0 bridgehead atoms. The number of nitrogens with one attached hydrogen (secondary N) is 1. The highest BCUT2D eigenvalue weighted by atomic mass is 16.5. The molecule has 0 unspecified atom stereocenters. The topological polar surface area (TPSA) is 134 Å². The molecule has 0 spiro atoms. The summed E-state index contributed by atoms with van der Waals surface area (Å²) in [5.41, 5.74) is 13.5. The van der Waals surface area contributed by atoms with Crippen LogP contribution < -0.4 is 10.1 Å². The highest BCUT2D eigenvalue weighted by Crippen LogP contribution is 2.44.